The summed E-state index contributed by atoms with van der Waals surface area (Å²) >= 11 is 0. The number of allylic oxidation sites excluding steroid dienone is 10. The molecule has 0 aliphatic rings. The Bertz CT molecular complexity index is 521. The van der Waals surface area contributed by atoms with Crippen molar-refractivity contribution in [2.75, 3.05) is 0 Å². The number of carboxylic acids is 1. The van der Waals surface area contributed by atoms with E-state index in [2.05, 4.69) is 67.7 Å². The number of carbonyl (C=O) groups excluding carboxylic acids is 1. The molecule has 29 heavy (non-hydrogen) atoms. The largest absolute Gasteiger partial charge is 1.00 e. The Balaban J connectivity index is 0. The van der Waals surface area contributed by atoms with Crippen LogP contribution in [0.25, 0.3) is 0 Å². The summed E-state index contributed by atoms with van der Waals surface area (Å²) in [6.07, 6.45) is 26.6. The zero-order valence-corrected chi connectivity index (χ0v) is 20.2. The van der Waals surface area contributed by atoms with Crippen LogP contribution in [0.2, 0.25) is 0 Å². The SMILES string of the molecule is CC/C=C\C/C=C\C/C=C\C/C=C\C/C=C\CCC[C@@H](O)C[C@@H](O)CC(=O)[O-].[Na+]. The predicted octanol–water partition coefficient (Wildman–Crippen LogP) is 1.16. The fraction of sp³-hybridized carbons (Fsp3) is 0.542. The van der Waals surface area contributed by atoms with Crippen LogP contribution in [0, 0.1) is 0 Å². The summed E-state index contributed by atoms with van der Waals surface area (Å²) in [5.41, 5.74) is 0. The van der Waals surface area contributed by atoms with Gasteiger partial charge in [0.2, 0.25) is 0 Å². The molecule has 0 aliphatic carbocycles. The van der Waals surface area contributed by atoms with Crippen LogP contribution in [0.4, 0.5) is 0 Å². The molecule has 0 aromatic rings. The first-order chi connectivity index (χ1) is 13.6. The summed E-state index contributed by atoms with van der Waals surface area (Å²) in [6, 6.07) is 0. The molecule has 0 spiro atoms. The Labute approximate surface area is 199 Å². The van der Waals surface area contributed by atoms with Crippen LogP contribution < -0.4 is 34.7 Å². The van der Waals surface area contributed by atoms with Crippen molar-refractivity contribution in [1.29, 1.82) is 0 Å². The van der Waals surface area contributed by atoms with Crippen LogP contribution in [0.5, 0.6) is 0 Å². The predicted molar refractivity (Wildman–Crippen MR) is 115 cm³/mol. The molecule has 0 saturated heterocycles. The van der Waals surface area contributed by atoms with Gasteiger partial charge in [-0.1, -0.05) is 67.7 Å². The van der Waals surface area contributed by atoms with Gasteiger partial charge in [-0.05, 0) is 57.8 Å². The zero-order valence-electron chi connectivity index (χ0n) is 18.2. The van der Waals surface area contributed by atoms with Gasteiger partial charge in [0.1, 0.15) is 0 Å². The van der Waals surface area contributed by atoms with Gasteiger partial charge in [0.05, 0.1) is 12.2 Å². The third-order valence-corrected chi connectivity index (χ3v) is 4.01. The van der Waals surface area contributed by atoms with Gasteiger partial charge in [0.25, 0.3) is 0 Å². The number of hydrogen-bond donors (Lipinski definition) is 2. The summed E-state index contributed by atoms with van der Waals surface area (Å²) in [5, 5.41) is 29.5. The average Bonchev–Trinajstić information content (AvgIpc) is 2.63. The van der Waals surface area contributed by atoms with Gasteiger partial charge in [-0.2, -0.15) is 0 Å². The number of unbranched alkanes of at least 4 members (excludes halogenated alkanes) is 1. The second-order valence-electron chi connectivity index (χ2n) is 6.76. The molecule has 2 atom stereocenters. The first-order valence-corrected chi connectivity index (χ1v) is 10.4. The quantitative estimate of drug-likeness (QED) is 0.213. The fourth-order valence-corrected chi connectivity index (χ4v) is 2.55. The molecule has 158 valence electrons. The van der Waals surface area contributed by atoms with E-state index in [9.17, 15) is 20.1 Å². The average molecular weight is 413 g/mol. The number of carbonyl (C=O) groups is 1. The summed E-state index contributed by atoms with van der Waals surface area (Å²) < 4.78 is 0. The second-order valence-corrected chi connectivity index (χ2v) is 6.76. The summed E-state index contributed by atoms with van der Waals surface area (Å²) in [7, 11) is 0. The standard InChI is InChI=1S/C24H38O4.Na/c1-2-3-4-5-6-7-8-9-10-11-12-13-14-15-16-17-18-19-22(25)20-23(26)21-24(27)28;/h3-4,6-7,9-10,12-13,15-16,22-23,25-26H,2,5,8,11,14,17-21H2,1H3,(H,27,28);/q;+1/p-1/b4-3-,7-6-,10-9-,13-12-,16-15-;/t22-,23-;/m1./s1. The summed E-state index contributed by atoms with van der Waals surface area (Å²) in [6.45, 7) is 2.14. The molecule has 0 bridgehead atoms. The van der Waals surface area contributed by atoms with Crippen LogP contribution >= 0.6 is 0 Å². The van der Waals surface area contributed by atoms with E-state index in [4.69, 9.17) is 0 Å². The molecule has 4 nitrogen and oxygen atoms in total. The molecule has 0 unspecified atom stereocenters. The number of aliphatic carboxylic acids is 1. The van der Waals surface area contributed by atoms with Gasteiger partial charge < -0.3 is 20.1 Å². The minimum atomic E-state index is -1.29. The van der Waals surface area contributed by atoms with Gasteiger partial charge in [-0.25, -0.2) is 0 Å². The van der Waals surface area contributed by atoms with E-state index < -0.39 is 24.6 Å². The fourth-order valence-electron chi connectivity index (χ4n) is 2.55. The number of hydrogen-bond acceptors (Lipinski definition) is 4. The van der Waals surface area contributed by atoms with Gasteiger partial charge in [0, 0.05) is 12.4 Å². The van der Waals surface area contributed by atoms with E-state index in [-0.39, 0.29) is 36.0 Å². The molecule has 0 heterocycles. The van der Waals surface area contributed by atoms with Crippen molar-refractivity contribution in [2.24, 2.45) is 0 Å². The summed E-state index contributed by atoms with van der Waals surface area (Å²) in [5.74, 6) is -1.29. The zero-order chi connectivity index (χ0) is 20.9. The van der Waals surface area contributed by atoms with Crippen LogP contribution in [0.15, 0.2) is 60.8 Å². The second kappa shape index (κ2) is 23.4. The number of carboxylic acid groups (broad SMARTS) is 1. The maximum absolute atomic E-state index is 10.3. The van der Waals surface area contributed by atoms with Gasteiger partial charge in [0.15, 0.2) is 0 Å². The molecule has 0 aromatic carbocycles. The maximum atomic E-state index is 10.3. The van der Waals surface area contributed by atoms with E-state index in [0.29, 0.717) is 6.42 Å². The molecule has 0 aliphatic heterocycles. The van der Waals surface area contributed by atoms with Crippen LogP contribution in [-0.2, 0) is 4.79 Å². The number of rotatable bonds is 17. The molecular formula is C24H37NaO4. The van der Waals surface area contributed by atoms with Crippen LogP contribution in [-0.4, -0.2) is 28.4 Å². The first kappa shape index (κ1) is 30.3. The smallest absolute Gasteiger partial charge is 0.550 e. The van der Waals surface area contributed by atoms with Gasteiger partial charge in [-0.3, -0.25) is 0 Å². The Morgan fingerprint density at radius 2 is 1.24 bits per heavy atom. The van der Waals surface area contributed by atoms with Crippen LogP contribution in [0.1, 0.15) is 71.1 Å². The minimum Gasteiger partial charge on any atom is -0.550 e. The van der Waals surface area contributed by atoms with Gasteiger partial charge >= 0.3 is 29.6 Å². The molecule has 0 rings (SSSR count). The molecule has 5 heteroatoms. The van der Waals surface area contributed by atoms with E-state index in [1.54, 1.807) is 0 Å². The van der Waals surface area contributed by atoms with E-state index in [1.807, 2.05) is 0 Å². The molecular weight excluding hydrogens is 375 g/mol. The maximum Gasteiger partial charge on any atom is 1.00 e. The Morgan fingerprint density at radius 3 is 1.69 bits per heavy atom. The van der Waals surface area contributed by atoms with Crippen molar-refractivity contribution in [3.05, 3.63) is 60.8 Å². The molecule has 2 N–H and O–H groups in total. The number of aliphatic hydroxyl groups is 2. The molecule has 0 aromatic heterocycles. The molecule has 0 amide bonds. The van der Waals surface area contributed by atoms with Crippen molar-refractivity contribution >= 4 is 5.97 Å². The normalized spacial score (nSPS) is 14.4. The van der Waals surface area contributed by atoms with Crippen LogP contribution in [0.3, 0.4) is 0 Å². The third kappa shape index (κ3) is 25.1. The molecule has 0 radical (unpaired) electrons. The number of aliphatic hydroxyl groups excluding tert-OH is 2. The van der Waals surface area contributed by atoms with Crippen molar-refractivity contribution in [3.8, 4) is 0 Å². The van der Waals surface area contributed by atoms with E-state index in [0.717, 1.165) is 44.9 Å². The molecule has 0 saturated carbocycles. The minimum absolute atomic E-state index is 0. The van der Waals surface area contributed by atoms with Crippen molar-refractivity contribution in [2.45, 2.75) is 83.3 Å². The molecule has 0 fully saturated rings. The summed E-state index contributed by atoms with van der Waals surface area (Å²) in [4.78, 5) is 10.3. The Morgan fingerprint density at radius 1 is 0.793 bits per heavy atom. The van der Waals surface area contributed by atoms with Gasteiger partial charge in [-0.15, -0.1) is 0 Å². The topological polar surface area (TPSA) is 80.6 Å². The Kier molecular flexibility index (Phi) is 24.4. The van der Waals surface area contributed by atoms with Crippen molar-refractivity contribution in [1.82, 2.24) is 0 Å². The van der Waals surface area contributed by atoms with E-state index >= 15 is 0 Å². The van der Waals surface area contributed by atoms with Crippen molar-refractivity contribution < 1.29 is 49.7 Å². The first-order valence-electron chi connectivity index (χ1n) is 10.4. The van der Waals surface area contributed by atoms with E-state index in [1.165, 1.54) is 0 Å². The third-order valence-electron chi connectivity index (χ3n) is 4.01. The van der Waals surface area contributed by atoms with Crippen molar-refractivity contribution in [3.63, 3.8) is 0 Å². The Hall–Kier alpha value is -0.910. The monoisotopic (exact) mass is 412 g/mol.